The number of primary amides is 1. The number of carbonyl (C=O) groups excluding carboxylic acids is 1. The first-order chi connectivity index (χ1) is 10.8. The molecule has 1 amide bonds. The summed E-state index contributed by atoms with van der Waals surface area (Å²) in [7, 11) is 0. The van der Waals surface area contributed by atoms with E-state index in [0.717, 1.165) is 18.7 Å². The standard InChI is InChI=1S/C18H27N3O/c19-18(22)16-9-6-10-20-17(16)15-8-3-2-7-14(15)13-21-11-4-1-5-12-21/h6,9-10,14-15H,1-5,7-8,11-13H2,(H2,19,22). The van der Waals surface area contributed by atoms with Gasteiger partial charge in [-0.15, -0.1) is 0 Å². The molecule has 1 aromatic heterocycles. The van der Waals surface area contributed by atoms with Crippen molar-refractivity contribution in [1.82, 2.24) is 9.88 Å². The van der Waals surface area contributed by atoms with Crippen LogP contribution in [-0.2, 0) is 0 Å². The van der Waals surface area contributed by atoms with Crippen LogP contribution in [0.25, 0.3) is 0 Å². The molecular formula is C18H27N3O. The van der Waals surface area contributed by atoms with Gasteiger partial charge in [0.1, 0.15) is 0 Å². The lowest BCUT2D eigenvalue weighted by molar-refractivity contribution is 0.0996. The van der Waals surface area contributed by atoms with Crippen LogP contribution in [0.15, 0.2) is 18.3 Å². The van der Waals surface area contributed by atoms with Crippen LogP contribution in [0.3, 0.4) is 0 Å². The number of hydrogen-bond donors (Lipinski definition) is 1. The highest BCUT2D eigenvalue weighted by Crippen LogP contribution is 2.38. The summed E-state index contributed by atoms with van der Waals surface area (Å²) >= 11 is 0. The molecule has 4 heteroatoms. The summed E-state index contributed by atoms with van der Waals surface area (Å²) in [5.74, 6) is 0.657. The van der Waals surface area contributed by atoms with E-state index in [4.69, 9.17) is 5.73 Å². The monoisotopic (exact) mass is 301 g/mol. The molecule has 2 heterocycles. The molecule has 2 N–H and O–H groups in total. The summed E-state index contributed by atoms with van der Waals surface area (Å²) in [6.45, 7) is 3.61. The Morgan fingerprint density at radius 2 is 1.95 bits per heavy atom. The van der Waals surface area contributed by atoms with Crippen molar-refractivity contribution in [1.29, 1.82) is 0 Å². The number of nitrogens with zero attached hydrogens (tertiary/aromatic N) is 2. The highest BCUT2D eigenvalue weighted by Gasteiger charge is 2.31. The largest absolute Gasteiger partial charge is 0.366 e. The second kappa shape index (κ2) is 7.23. The number of amides is 1. The second-order valence-corrected chi connectivity index (χ2v) is 6.81. The molecular weight excluding hydrogens is 274 g/mol. The molecule has 0 bridgehead atoms. The number of nitrogens with two attached hydrogens (primary N) is 1. The predicted molar refractivity (Wildman–Crippen MR) is 87.7 cm³/mol. The van der Waals surface area contributed by atoms with Crippen LogP contribution in [-0.4, -0.2) is 35.4 Å². The molecule has 22 heavy (non-hydrogen) atoms. The summed E-state index contributed by atoms with van der Waals surface area (Å²) in [5, 5.41) is 0. The SMILES string of the molecule is NC(=O)c1cccnc1C1CCCCC1CN1CCCCC1. The number of aromatic nitrogens is 1. The summed E-state index contributed by atoms with van der Waals surface area (Å²) < 4.78 is 0. The van der Waals surface area contributed by atoms with E-state index in [9.17, 15) is 4.79 Å². The van der Waals surface area contributed by atoms with E-state index in [1.54, 1.807) is 6.20 Å². The van der Waals surface area contributed by atoms with Gasteiger partial charge >= 0.3 is 0 Å². The Balaban J connectivity index is 1.78. The van der Waals surface area contributed by atoms with E-state index in [1.807, 2.05) is 12.1 Å². The lowest BCUT2D eigenvalue weighted by Crippen LogP contribution is -2.37. The fourth-order valence-electron chi connectivity index (χ4n) is 4.18. The van der Waals surface area contributed by atoms with Gasteiger partial charge in [-0.05, 0) is 56.8 Å². The predicted octanol–water partition coefficient (Wildman–Crippen LogP) is 2.94. The van der Waals surface area contributed by atoms with Gasteiger partial charge in [-0.3, -0.25) is 9.78 Å². The summed E-state index contributed by atoms with van der Waals surface area (Å²) in [6.07, 6.45) is 10.7. The summed E-state index contributed by atoms with van der Waals surface area (Å²) in [4.78, 5) is 18.9. The Hall–Kier alpha value is -1.42. The number of rotatable bonds is 4. The van der Waals surface area contributed by atoms with Crippen LogP contribution in [0.4, 0.5) is 0 Å². The van der Waals surface area contributed by atoms with Gasteiger partial charge in [0.15, 0.2) is 0 Å². The lowest BCUT2D eigenvalue weighted by Gasteiger charge is -2.37. The molecule has 1 aliphatic heterocycles. The van der Waals surface area contributed by atoms with Crippen molar-refractivity contribution < 1.29 is 4.79 Å². The quantitative estimate of drug-likeness (QED) is 0.930. The van der Waals surface area contributed by atoms with Gasteiger partial charge in [-0.1, -0.05) is 19.3 Å². The molecule has 0 aromatic carbocycles. The van der Waals surface area contributed by atoms with Crippen molar-refractivity contribution in [2.45, 2.75) is 50.9 Å². The molecule has 4 nitrogen and oxygen atoms in total. The van der Waals surface area contributed by atoms with E-state index < -0.39 is 0 Å². The zero-order chi connectivity index (χ0) is 15.4. The van der Waals surface area contributed by atoms with Crippen molar-refractivity contribution in [3.8, 4) is 0 Å². The van der Waals surface area contributed by atoms with Crippen molar-refractivity contribution in [2.75, 3.05) is 19.6 Å². The van der Waals surface area contributed by atoms with Gasteiger partial charge in [-0.2, -0.15) is 0 Å². The topological polar surface area (TPSA) is 59.2 Å². The minimum absolute atomic E-state index is 0.342. The summed E-state index contributed by atoms with van der Waals surface area (Å²) in [5.41, 5.74) is 7.13. The third-order valence-electron chi connectivity index (χ3n) is 5.31. The van der Waals surface area contributed by atoms with Gasteiger partial charge < -0.3 is 10.6 Å². The molecule has 2 unspecified atom stereocenters. The molecule has 3 rings (SSSR count). The molecule has 0 spiro atoms. The average Bonchev–Trinajstić information content (AvgIpc) is 2.56. The maximum absolute atomic E-state index is 11.7. The van der Waals surface area contributed by atoms with Gasteiger partial charge in [0.05, 0.1) is 11.3 Å². The molecule has 120 valence electrons. The normalized spacial score (nSPS) is 26.7. The minimum atomic E-state index is -0.342. The third-order valence-corrected chi connectivity index (χ3v) is 5.31. The number of piperidine rings is 1. The highest BCUT2D eigenvalue weighted by molar-refractivity contribution is 5.94. The van der Waals surface area contributed by atoms with Crippen LogP contribution in [0.5, 0.6) is 0 Å². The Kier molecular flexibility index (Phi) is 5.08. The van der Waals surface area contributed by atoms with E-state index >= 15 is 0 Å². The van der Waals surface area contributed by atoms with Crippen molar-refractivity contribution in [3.63, 3.8) is 0 Å². The first kappa shape index (κ1) is 15.5. The van der Waals surface area contributed by atoms with E-state index in [1.165, 1.54) is 51.6 Å². The smallest absolute Gasteiger partial charge is 0.250 e. The maximum atomic E-state index is 11.7. The van der Waals surface area contributed by atoms with E-state index in [2.05, 4.69) is 9.88 Å². The minimum Gasteiger partial charge on any atom is -0.366 e. The Morgan fingerprint density at radius 3 is 2.73 bits per heavy atom. The first-order valence-electron chi connectivity index (χ1n) is 8.73. The summed E-state index contributed by atoms with van der Waals surface area (Å²) in [6, 6.07) is 3.64. The van der Waals surface area contributed by atoms with Crippen molar-refractivity contribution in [2.24, 2.45) is 11.7 Å². The fourth-order valence-corrected chi connectivity index (χ4v) is 4.18. The number of pyridine rings is 1. The zero-order valence-corrected chi connectivity index (χ0v) is 13.3. The highest BCUT2D eigenvalue weighted by atomic mass is 16.1. The van der Waals surface area contributed by atoms with Crippen LogP contribution >= 0.6 is 0 Å². The molecule has 1 aromatic rings. The lowest BCUT2D eigenvalue weighted by atomic mass is 9.75. The molecule has 0 radical (unpaired) electrons. The van der Waals surface area contributed by atoms with Crippen molar-refractivity contribution in [3.05, 3.63) is 29.6 Å². The first-order valence-corrected chi connectivity index (χ1v) is 8.73. The Morgan fingerprint density at radius 1 is 1.18 bits per heavy atom. The molecule has 1 saturated heterocycles. The maximum Gasteiger partial charge on any atom is 0.250 e. The van der Waals surface area contributed by atoms with Crippen molar-refractivity contribution >= 4 is 5.91 Å². The number of hydrogen-bond acceptors (Lipinski definition) is 3. The van der Waals surface area contributed by atoms with Gasteiger partial charge in [0.2, 0.25) is 0 Å². The van der Waals surface area contributed by atoms with Crippen LogP contribution in [0.2, 0.25) is 0 Å². The average molecular weight is 301 g/mol. The number of carbonyl (C=O) groups is 1. The molecule has 1 saturated carbocycles. The number of likely N-dealkylation sites (tertiary alicyclic amines) is 1. The fraction of sp³-hybridized carbons (Fsp3) is 0.667. The van der Waals surface area contributed by atoms with Crippen LogP contribution < -0.4 is 5.73 Å². The van der Waals surface area contributed by atoms with Crippen LogP contribution in [0, 0.1) is 5.92 Å². The Bertz CT molecular complexity index is 511. The van der Waals surface area contributed by atoms with Gasteiger partial charge in [0.25, 0.3) is 5.91 Å². The van der Waals surface area contributed by atoms with Gasteiger partial charge in [-0.25, -0.2) is 0 Å². The van der Waals surface area contributed by atoms with E-state index in [0.29, 0.717) is 17.4 Å². The molecule has 1 aliphatic carbocycles. The van der Waals surface area contributed by atoms with Gasteiger partial charge in [0, 0.05) is 18.7 Å². The molecule has 2 fully saturated rings. The Labute approximate surface area is 133 Å². The zero-order valence-electron chi connectivity index (χ0n) is 13.3. The third kappa shape index (κ3) is 3.49. The van der Waals surface area contributed by atoms with E-state index in [-0.39, 0.29) is 5.91 Å². The molecule has 2 aliphatic rings. The molecule has 2 atom stereocenters. The second-order valence-electron chi connectivity index (χ2n) is 6.81. The van der Waals surface area contributed by atoms with Crippen LogP contribution in [0.1, 0.15) is 66.9 Å².